The molecule has 0 saturated carbocycles. The third kappa shape index (κ3) is 6.39. The van der Waals surface area contributed by atoms with E-state index in [1.807, 2.05) is 36.4 Å². The van der Waals surface area contributed by atoms with Crippen LogP contribution in [0, 0.1) is 0 Å². The summed E-state index contributed by atoms with van der Waals surface area (Å²) in [5, 5.41) is 6.77. The van der Waals surface area contributed by atoms with Crippen molar-refractivity contribution in [2.75, 3.05) is 21.2 Å². The van der Waals surface area contributed by atoms with Gasteiger partial charge in [-0.25, -0.2) is 0 Å². The van der Waals surface area contributed by atoms with Crippen LogP contribution in [0.15, 0.2) is 76.3 Å². The second kappa shape index (κ2) is 11.1. The van der Waals surface area contributed by atoms with Crippen molar-refractivity contribution in [1.82, 2.24) is 15.5 Å². The van der Waals surface area contributed by atoms with Gasteiger partial charge in [-0.3, -0.25) is 9.89 Å². The molecule has 0 aliphatic heterocycles. The molecule has 0 fully saturated rings. The number of ether oxygens (including phenoxy) is 1. The number of methoxy groups -OCH3 is 1. The zero-order valence-corrected chi connectivity index (χ0v) is 17.9. The predicted molar refractivity (Wildman–Crippen MR) is 120 cm³/mol. The fourth-order valence-corrected chi connectivity index (χ4v) is 3.23. The Morgan fingerprint density at radius 3 is 2.33 bits per heavy atom. The van der Waals surface area contributed by atoms with E-state index in [1.54, 1.807) is 20.4 Å². The van der Waals surface area contributed by atoms with E-state index < -0.39 is 0 Å². The highest BCUT2D eigenvalue weighted by molar-refractivity contribution is 5.79. The van der Waals surface area contributed by atoms with Crippen LogP contribution in [0.4, 0.5) is 0 Å². The fraction of sp³-hybridized carbons (Fsp3) is 0.292. The van der Waals surface area contributed by atoms with Crippen molar-refractivity contribution in [2.24, 2.45) is 4.99 Å². The van der Waals surface area contributed by atoms with Crippen LogP contribution >= 0.6 is 0 Å². The first-order valence-electron chi connectivity index (χ1n) is 10.0. The van der Waals surface area contributed by atoms with Gasteiger partial charge in [-0.05, 0) is 48.0 Å². The van der Waals surface area contributed by atoms with Gasteiger partial charge in [0.25, 0.3) is 0 Å². The molecular weight excluding hydrogens is 376 g/mol. The summed E-state index contributed by atoms with van der Waals surface area (Å²) >= 11 is 0. The summed E-state index contributed by atoms with van der Waals surface area (Å²) < 4.78 is 10.7. The number of guanidine groups is 1. The number of hydrogen-bond acceptors (Lipinski definition) is 4. The monoisotopic (exact) mass is 406 g/mol. The van der Waals surface area contributed by atoms with E-state index in [2.05, 4.69) is 51.8 Å². The average Bonchev–Trinajstić information content (AvgIpc) is 3.28. The Morgan fingerprint density at radius 2 is 1.67 bits per heavy atom. The first-order valence-corrected chi connectivity index (χ1v) is 10.0. The summed E-state index contributed by atoms with van der Waals surface area (Å²) in [7, 11) is 5.56. The Hall–Kier alpha value is -3.25. The highest BCUT2D eigenvalue weighted by Gasteiger charge is 2.08. The minimum absolute atomic E-state index is 0.692. The van der Waals surface area contributed by atoms with Gasteiger partial charge in [0.05, 0.1) is 19.9 Å². The van der Waals surface area contributed by atoms with E-state index in [1.165, 1.54) is 16.7 Å². The zero-order chi connectivity index (χ0) is 21.2. The molecule has 0 unspecified atom stereocenters. The van der Waals surface area contributed by atoms with Crippen LogP contribution in [-0.2, 0) is 26.2 Å². The molecular formula is C24H30N4O2. The van der Waals surface area contributed by atoms with Crippen molar-refractivity contribution < 1.29 is 9.15 Å². The van der Waals surface area contributed by atoms with Gasteiger partial charge >= 0.3 is 0 Å². The largest absolute Gasteiger partial charge is 0.497 e. The van der Waals surface area contributed by atoms with Gasteiger partial charge in [0.2, 0.25) is 0 Å². The number of benzene rings is 2. The minimum atomic E-state index is 0.692. The molecule has 0 aliphatic rings. The van der Waals surface area contributed by atoms with Crippen molar-refractivity contribution in [1.29, 1.82) is 0 Å². The molecule has 2 aromatic carbocycles. The maximum atomic E-state index is 5.46. The summed E-state index contributed by atoms with van der Waals surface area (Å²) in [4.78, 5) is 6.58. The fourth-order valence-electron chi connectivity index (χ4n) is 3.23. The molecule has 3 aromatic rings. The minimum Gasteiger partial charge on any atom is -0.497 e. The SMILES string of the molecule is CN=C(NCc1ccc(OC)cc1)NCc1ccccc1CN(C)Cc1ccco1. The van der Waals surface area contributed by atoms with Gasteiger partial charge in [-0.15, -0.1) is 0 Å². The van der Waals surface area contributed by atoms with Crippen LogP contribution in [0.25, 0.3) is 0 Å². The van der Waals surface area contributed by atoms with Gasteiger partial charge in [-0.2, -0.15) is 0 Å². The smallest absolute Gasteiger partial charge is 0.191 e. The molecule has 1 heterocycles. The first kappa shape index (κ1) is 21.5. The molecule has 6 heteroatoms. The molecule has 0 aliphatic carbocycles. The van der Waals surface area contributed by atoms with Gasteiger partial charge in [0.15, 0.2) is 5.96 Å². The molecule has 6 nitrogen and oxygen atoms in total. The lowest BCUT2D eigenvalue weighted by molar-refractivity contribution is 0.287. The Bertz CT molecular complexity index is 921. The zero-order valence-electron chi connectivity index (χ0n) is 17.9. The van der Waals surface area contributed by atoms with Crippen molar-refractivity contribution in [3.63, 3.8) is 0 Å². The third-order valence-electron chi connectivity index (χ3n) is 4.85. The Morgan fingerprint density at radius 1 is 0.933 bits per heavy atom. The van der Waals surface area contributed by atoms with E-state index in [9.17, 15) is 0 Å². The van der Waals surface area contributed by atoms with Gasteiger partial charge in [0.1, 0.15) is 11.5 Å². The lowest BCUT2D eigenvalue weighted by Crippen LogP contribution is -2.36. The van der Waals surface area contributed by atoms with Crippen molar-refractivity contribution >= 4 is 5.96 Å². The molecule has 0 atom stereocenters. The maximum absolute atomic E-state index is 5.46. The summed E-state index contributed by atoms with van der Waals surface area (Å²) in [6.45, 7) is 3.01. The quantitative estimate of drug-likeness (QED) is 0.418. The molecule has 0 spiro atoms. The number of aliphatic imine (C=N–C) groups is 1. The molecule has 0 radical (unpaired) electrons. The second-order valence-electron chi connectivity index (χ2n) is 7.15. The lowest BCUT2D eigenvalue weighted by atomic mass is 10.1. The highest BCUT2D eigenvalue weighted by Crippen LogP contribution is 2.14. The highest BCUT2D eigenvalue weighted by atomic mass is 16.5. The van der Waals surface area contributed by atoms with Crippen LogP contribution in [-0.4, -0.2) is 32.1 Å². The Labute approximate surface area is 178 Å². The maximum Gasteiger partial charge on any atom is 0.191 e. The number of nitrogens with one attached hydrogen (secondary N) is 2. The molecule has 158 valence electrons. The van der Waals surface area contributed by atoms with Crippen LogP contribution < -0.4 is 15.4 Å². The van der Waals surface area contributed by atoms with E-state index in [0.717, 1.165) is 30.6 Å². The molecule has 0 amide bonds. The van der Waals surface area contributed by atoms with Crippen molar-refractivity contribution in [2.45, 2.75) is 26.2 Å². The molecule has 30 heavy (non-hydrogen) atoms. The molecule has 2 N–H and O–H groups in total. The number of hydrogen-bond donors (Lipinski definition) is 2. The number of furan rings is 1. The van der Waals surface area contributed by atoms with Gasteiger partial charge < -0.3 is 19.8 Å². The van der Waals surface area contributed by atoms with Crippen LogP contribution in [0.3, 0.4) is 0 Å². The van der Waals surface area contributed by atoms with E-state index in [0.29, 0.717) is 13.1 Å². The number of nitrogens with zero attached hydrogens (tertiary/aromatic N) is 2. The first-order chi connectivity index (χ1) is 14.7. The van der Waals surface area contributed by atoms with Crippen molar-refractivity contribution in [3.8, 4) is 5.75 Å². The van der Waals surface area contributed by atoms with E-state index >= 15 is 0 Å². The van der Waals surface area contributed by atoms with Gasteiger partial charge in [-0.1, -0.05) is 36.4 Å². The molecule has 1 aromatic heterocycles. The van der Waals surface area contributed by atoms with Crippen molar-refractivity contribution in [3.05, 3.63) is 89.4 Å². The summed E-state index contributed by atoms with van der Waals surface area (Å²) in [6.07, 6.45) is 1.71. The van der Waals surface area contributed by atoms with Crippen LogP contribution in [0.1, 0.15) is 22.5 Å². The molecule has 0 bridgehead atoms. The topological polar surface area (TPSA) is 62.0 Å². The molecule has 0 saturated heterocycles. The van der Waals surface area contributed by atoms with Crippen LogP contribution in [0.5, 0.6) is 5.75 Å². The standard InChI is InChI=1S/C24H30N4O2/c1-25-24(26-15-19-10-12-22(29-3)13-11-19)27-16-20-7-4-5-8-21(20)17-28(2)18-23-9-6-14-30-23/h4-14H,15-18H2,1-3H3,(H2,25,26,27). The third-order valence-corrected chi connectivity index (χ3v) is 4.85. The number of rotatable bonds is 9. The van der Waals surface area contributed by atoms with Gasteiger partial charge in [0, 0.05) is 26.7 Å². The predicted octanol–water partition coefficient (Wildman–Crippen LogP) is 3.79. The lowest BCUT2D eigenvalue weighted by Gasteiger charge is -2.19. The summed E-state index contributed by atoms with van der Waals surface area (Å²) in [5.41, 5.74) is 3.69. The van der Waals surface area contributed by atoms with Crippen LogP contribution in [0.2, 0.25) is 0 Å². The summed E-state index contributed by atoms with van der Waals surface area (Å²) in [6, 6.07) is 20.4. The Balaban J connectivity index is 1.53. The normalized spacial score (nSPS) is 11.5. The van der Waals surface area contributed by atoms with E-state index in [4.69, 9.17) is 9.15 Å². The second-order valence-corrected chi connectivity index (χ2v) is 7.15. The van der Waals surface area contributed by atoms with E-state index in [-0.39, 0.29) is 0 Å². The average molecular weight is 407 g/mol. The summed E-state index contributed by atoms with van der Waals surface area (Å²) in [5.74, 6) is 2.59. The Kier molecular flexibility index (Phi) is 7.92. The molecule has 3 rings (SSSR count).